The van der Waals surface area contributed by atoms with Crippen LogP contribution in [0.4, 0.5) is 4.79 Å². The number of hydrogen-bond acceptors (Lipinski definition) is 8. The van der Waals surface area contributed by atoms with Crippen LogP contribution in [0.3, 0.4) is 0 Å². The predicted octanol–water partition coefficient (Wildman–Crippen LogP) is 3.33. The van der Waals surface area contributed by atoms with Gasteiger partial charge in [0.15, 0.2) is 0 Å². The zero-order valence-electron chi connectivity index (χ0n) is 20.2. The zero-order valence-corrected chi connectivity index (χ0v) is 20.2. The van der Waals surface area contributed by atoms with Crippen LogP contribution in [0.5, 0.6) is 0 Å². The second-order valence-corrected chi connectivity index (χ2v) is 9.20. The number of hydrogen-bond donors (Lipinski definition) is 1. The number of ether oxygens (including phenoxy) is 4. The van der Waals surface area contributed by atoms with Crippen LogP contribution in [0.1, 0.15) is 53.4 Å². The van der Waals surface area contributed by atoms with E-state index in [-0.39, 0.29) is 67.2 Å². The zero-order chi connectivity index (χ0) is 25.0. The summed E-state index contributed by atoms with van der Waals surface area (Å²) in [5, 5.41) is 2.73. The second kappa shape index (κ2) is 13.6. The third kappa shape index (κ3) is 11.5. The highest BCUT2D eigenvalue weighted by Crippen LogP contribution is 2.43. The average Bonchev–Trinajstić information content (AvgIpc) is 2.72. The molecule has 1 fully saturated rings. The van der Waals surface area contributed by atoms with Crippen LogP contribution in [0.15, 0.2) is 24.3 Å². The number of carbonyl (C=O) groups is 4. The highest BCUT2D eigenvalue weighted by atomic mass is 16.6. The lowest BCUT2D eigenvalue weighted by Crippen LogP contribution is -2.39. The molecule has 1 rings (SSSR count). The number of amides is 1. The molecule has 0 aromatic carbocycles. The SMILES string of the molecule is C=C(C)C(=O)OCCOC(=O)CC1CC(C)(C)CCC1CNC(=O)OCCOC(=O)C(=C)C. The molecular formula is C24H37NO8. The Labute approximate surface area is 195 Å². The summed E-state index contributed by atoms with van der Waals surface area (Å²) in [6.45, 7) is 14.6. The van der Waals surface area contributed by atoms with Gasteiger partial charge >= 0.3 is 24.0 Å². The van der Waals surface area contributed by atoms with Crippen molar-refractivity contribution in [1.82, 2.24) is 5.32 Å². The monoisotopic (exact) mass is 467 g/mol. The van der Waals surface area contributed by atoms with E-state index in [1.54, 1.807) is 6.92 Å². The molecule has 9 nitrogen and oxygen atoms in total. The summed E-state index contributed by atoms with van der Waals surface area (Å²) >= 11 is 0. The first-order valence-electron chi connectivity index (χ1n) is 11.1. The number of carbonyl (C=O) groups excluding carboxylic acids is 4. The van der Waals surface area contributed by atoms with Crippen molar-refractivity contribution in [1.29, 1.82) is 0 Å². The first-order chi connectivity index (χ1) is 15.4. The smallest absolute Gasteiger partial charge is 0.407 e. The fourth-order valence-corrected chi connectivity index (χ4v) is 3.64. The van der Waals surface area contributed by atoms with Crippen LogP contribution >= 0.6 is 0 Å². The molecule has 2 atom stereocenters. The highest BCUT2D eigenvalue weighted by molar-refractivity contribution is 5.87. The molecule has 1 N–H and O–H groups in total. The summed E-state index contributed by atoms with van der Waals surface area (Å²) < 4.78 is 20.0. The van der Waals surface area contributed by atoms with Crippen LogP contribution < -0.4 is 5.32 Å². The molecule has 186 valence electrons. The van der Waals surface area contributed by atoms with Gasteiger partial charge in [-0.3, -0.25) is 4.79 Å². The van der Waals surface area contributed by atoms with Crippen LogP contribution in [0.25, 0.3) is 0 Å². The van der Waals surface area contributed by atoms with Gasteiger partial charge in [0.25, 0.3) is 0 Å². The maximum absolute atomic E-state index is 12.3. The van der Waals surface area contributed by atoms with Crippen LogP contribution in [-0.2, 0) is 33.3 Å². The van der Waals surface area contributed by atoms with Gasteiger partial charge in [-0.25, -0.2) is 14.4 Å². The molecule has 0 spiro atoms. The molecule has 0 bridgehead atoms. The highest BCUT2D eigenvalue weighted by Gasteiger charge is 2.36. The summed E-state index contributed by atoms with van der Waals surface area (Å²) in [5.41, 5.74) is 0.649. The summed E-state index contributed by atoms with van der Waals surface area (Å²) in [4.78, 5) is 46.9. The minimum Gasteiger partial charge on any atom is -0.462 e. The molecule has 0 aromatic heterocycles. The van der Waals surface area contributed by atoms with Crippen molar-refractivity contribution < 1.29 is 38.1 Å². The van der Waals surface area contributed by atoms with Gasteiger partial charge in [-0.2, -0.15) is 0 Å². The quantitative estimate of drug-likeness (QED) is 0.201. The summed E-state index contributed by atoms with van der Waals surface area (Å²) in [5.74, 6) is -1.28. The van der Waals surface area contributed by atoms with Gasteiger partial charge in [0.05, 0.1) is 0 Å². The van der Waals surface area contributed by atoms with Crippen LogP contribution in [0.2, 0.25) is 0 Å². The van der Waals surface area contributed by atoms with Crippen molar-refractivity contribution in [2.45, 2.75) is 53.4 Å². The van der Waals surface area contributed by atoms with Gasteiger partial charge in [-0.05, 0) is 50.4 Å². The molecule has 1 saturated carbocycles. The molecular weight excluding hydrogens is 430 g/mol. The van der Waals surface area contributed by atoms with E-state index < -0.39 is 18.0 Å². The first-order valence-corrected chi connectivity index (χ1v) is 11.1. The molecule has 0 radical (unpaired) electrons. The molecule has 0 aromatic rings. The summed E-state index contributed by atoms with van der Waals surface area (Å²) in [6, 6.07) is 0. The molecule has 1 aliphatic rings. The molecule has 33 heavy (non-hydrogen) atoms. The van der Waals surface area contributed by atoms with E-state index in [2.05, 4.69) is 32.3 Å². The Balaban J connectivity index is 2.43. The molecule has 1 amide bonds. The van der Waals surface area contributed by atoms with Crippen molar-refractivity contribution >= 4 is 24.0 Å². The van der Waals surface area contributed by atoms with Crippen molar-refractivity contribution in [2.75, 3.05) is 33.0 Å². The van der Waals surface area contributed by atoms with Crippen LogP contribution in [0, 0.1) is 17.3 Å². The molecule has 0 heterocycles. The Morgan fingerprint density at radius 1 is 0.848 bits per heavy atom. The number of alkyl carbamates (subject to hydrolysis) is 1. The molecule has 1 aliphatic carbocycles. The van der Waals surface area contributed by atoms with Crippen molar-refractivity contribution in [3.8, 4) is 0 Å². The van der Waals surface area contributed by atoms with E-state index in [0.717, 1.165) is 19.3 Å². The summed E-state index contributed by atoms with van der Waals surface area (Å²) in [7, 11) is 0. The Bertz CT molecular complexity index is 743. The van der Waals surface area contributed by atoms with Gasteiger partial charge in [-0.15, -0.1) is 0 Å². The van der Waals surface area contributed by atoms with Gasteiger partial charge < -0.3 is 24.3 Å². The lowest BCUT2D eigenvalue weighted by Gasteiger charge is -2.40. The molecule has 0 saturated heterocycles. The maximum Gasteiger partial charge on any atom is 0.407 e. The van der Waals surface area contributed by atoms with E-state index in [0.29, 0.717) is 6.54 Å². The van der Waals surface area contributed by atoms with Gasteiger partial charge in [0.1, 0.15) is 26.4 Å². The first kappa shape index (κ1) is 28.2. The Kier molecular flexibility index (Phi) is 11.7. The van der Waals surface area contributed by atoms with Gasteiger partial charge in [0.2, 0.25) is 0 Å². The molecule has 9 heteroatoms. The Hall–Kier alpha value is -2.84. The number of rotatable bonds is 12. The normalized spacial score (nSPS) is 19.0. The third-order valence-electron chi connectivity index (χ3n) is 5.44. The summed E-state index contributed by atoms with van der Waals surface area (Å²) in [6.07, 6.45) is 2.28. The van der Waals surface area contributed by atoms with E-state index >= 15 is 0 Å². The van der Waals surface area contributed by atoms with Crippen molar-refractivity contribution in [3.05, 3.63) is 24.3 Å². The minimum atomic E-state index is -0.605. The standard InChI is InChI=1S/C24H37NO8/c1-16(2)21(27)31-10-9-30-20(26)13-19-14-24(5,6)8-7-18(19)15-25-23(29)33-12-11-32-22(28)17(3)4/h18-19H,1,3,7-15H2,2,4-6H3,(H,25,29). The van der Waals surface area contributed by atoms with E-state index in [1.165, 1.54) is 6.92 Å². The third-order valence-corrected chi connectivity index (χ3v) is 5.44. The lowest BCUT2D eigenvalue weighted by molar-refractivity contribution is -0.151. The van der Waals surface area contributed by atoms with Gasteiger partial charge in [0, 0.05) is 24.1 Å². The second-order valence-electron chi connectivity index (χ2n) is 9.20. The molecule has 0 aliphatic heterocycles. The van der Waals surface area contributed by atoms with Crippen molar-refractivity contribution in [3.63, 3.8) is 0 Å². The lowest BCUT2D eigenvalue weighted by atomic mass is 9.66. The number of esters is 3. The van der Waals surface area contributed by atoms with Gasteiger partial charge in [-0.1, -0.05) is 27.0 Å². The van der Waals surface area contributed by atoms with E-state index in [9.17, 15) is 19.2 Å². The van der Waals surface area contributed by atoms with E-state index in [4.69, 9.17) is 18.9 Å². The number of nitrogens with one attached hydrogen (secondary N) is 1. The molecule has 2 unspecified atom stereocenters. The van der Waals surface area contributed by atoms with Crippen LogP contribution in [-0.4, -0.2) is 57.0 Å². The Morgan fingerprint density at radius 3 is 1.91 bits per heavy atom. The fraction of sp³-hybridized carbons (Fsp3) is 0.667. The Morgan fingerprint density at radius 2 is 1.36 bits per heavy atom. The topological polar surface area (TPSA) is 117 Å². The van der Waals surface area contributed by atoms with E-state index in [1.807, 2.05) is 0 Å². The minimum absolute atomic E-state index is 0.0147. The van der Waals surface area contributed by atoms with Crippen molar-refractivity contribution in [2.24, 2.45) is 17.3 Å². The predicted molar refractivity (Wildman–Crippen MR) is 121 cm³/mol. The largest absolute Gasteiger partial charge is 0.462 e. The average molecular weight is 468 g/mol. The fourth-order valence-electron chi connectivity index (χ4n) is 3.64. The maximum atomic E-state index is 12.3.